The molecule has 0 radical (unpaired) electrons. The summed E-state index contributed by atoms with van der Waals surface area (Å²) in [5.41, 5.74) is 1.09. The van der Waals surface area contributed by atoms with Crippen LogP contribution in [0.1, 0.15) is 24.8 Å². The number of rotatable bonds is 6. The zero-order chi connectivity index (χ0) is 17.8. The van der Waals surface area contributed by atoms with Gasteiger partial charge in [-0.1, -0.05) is 18.2 Å². The standard InChI is InChI=1S/C19H27N3O3/c1-21(2)19(24)15-8-5-11-22(15)12-6-10-20-18(23)17-13-14-7-3-4-9-16(14)25-17/h3-4,7,9,15,17H,5-6,8,10-13H2,1-2H3,(H,20,23). The predicted octanol–water partition coefficient (Wildman–Crippen LogP) is 1.05. The van der Waals surface area contributed by atoms with E-state index in [1.807, 2.05) is 24.3 Å². The number of fused-ring (bicyclic) bond motifs is 1. The average molecular weight is 345 g/mol. The van der Waals surface area contributed by atoms with Crippen LogP contribution in [0.5, 0.6) is 5.75 Å². The molecule has 0 aromatic heterocycles. The quantitative estimate of drug-likeness (QED) is 0.783. The zero-order valence-electron chi connectivity index (χ0n) is 15.0. The predicted molar refractivity (Wildman–Crippen MR) is 95.5 cm³/mol. The van der Waals surface area contributed by atoms with E-state index in [0.29, 0.717) is 13.0 Å². The number of hydrogen-bond acceptors (Lipinski definition) is 4. The van der Waals surface area contributed by atoms with Crippen molar-refractivity contribution in [3.63, 3.8) is 0 Å². The SMILES string of the molecule is CN(C)C(=O)C1CCCN1CCCNC(=O)C1Cc2ccccc2O1. The molecule has 2 amide bonds. The molecule has 2 heterocycles. The molecule has 25 heavy (non-hydrogen) atoms. The number of likely N-dealkylation sites (N-methyl/N-ethyl adjacent to an activating group) is 1. The average Bonchev–Trinajstić information content (AvgIpc) is 3.24. The Balaban J connectivity index is 1.39. The van der Waals surface area contributed by atoms with Crippen LogP contribution in [0.25, 0.3) is 0 Å². The van der Waals surface area contributed by atoms with Gasteiger partial charge < -0.3 is 15.0 Å². The van der Waals surface area contributed by atoms with Gasteiger partial charge in [0.1, 0.15) is 5.75 Å². The molecule has 3 rings (SSSR count). The summed E-state index contributed by atoms with van der Waals surface area (Å²) in [6.07, 6.45) is 3.03. The number of hydrogen-bond donors (Lipinski definition) is 1. The van der Waals surface area contributed by atoms with Gasteiger partial charge in [0.15, 0.2) is 6.10 Å². The van der Waals surface area contributed by atoms with Crippen LogP contribution in [-0.4, -0.2) is 67.5 Å². The van der Waals surface area contributed by atoms with Crippen LogP contribution in [0.15, 0.2) is 24.3 Å². The third kappa shape index (κ3) is 4.12. The van der Waals surface area contributed by atoms with Crippen LogP contribution in [0.4, 0.5) is 0 Å². The number of ether oxygens (including phenoxy) is 1. The molecule has 1 aromatic rings. The minimum atomic E-state index is -0.424. The molecular formula is C19H27N3O3. The normalized spacial score (nSPS) is 22.3. The van der Waals surface area contributed by atoms with E-state index >= 15 is 0 Å². The first-order valence-electron chi connectivity index (χ1n) is 9.04. The van der Waals surface area contributed by atoms with Gasteiger partial charge in [0.05, 0.1) is 6.04 Å². The molecule has 2 unspecified atom stereocenters. The Morgan fingerprint density at radius 3 is 2.88 bits per heavy atom. The maximum Gasteiger partial charge on any atom is 0.261 e. The number of para-hydroxylation sites is 1. The second-order valence-electron chi connectivity index (χ2n) is 6.99. The number of carbonyl (C=O) groups excluding carboxylic acids is 2. The van der Waals surface area contributed by atoms with Gasteiger partial charge in [-0.05, 0) is 37.4 Å². The highest BCUT2D eigenvalue weighted by Gasteiger charge is 2.31. The molecule has 6 nitrogen and oxygen atoms in total. The van der Waals surface area contributed by atoms with Gasteiger partial charge in [-0.15, -0.1) is 0 Å². The number of likely N-dealkylation sites (tertiary alicyclic amines) is 1. The lowest BCUT2D eigenvalue weighted by Crippen LogP contribution is -2.44. The lowest BCUT2D eigenvalue weighted by molar-refractivity contribution is -0.133. The molecule has 2 aliphatic rings. The summed E-state index contributed by atoms with van der Waals surface area (Å²) in [4.78, 5) is 28.3. The molecule has 136 valence electrons. The van der Waals surface area contributed by atoms with Crippen LogP contribution in [0.2, 0.25) is 0 Å². The van der Waals surface area contributed by atoms with Crippen LogP contribution in [-0.2, 0) is 16.0 Å². The Labute approximate surface area is 149 Å². The maximum atomic E-state index is 12.3. The molecule has 0 bridgehead atoms. The van der Waals surface area contributed by atoms with E-state index in [0.717, 1.165) is 43.7 Å². The number of nitrogens with one attached hydrogen (secondary N) is 1. The first kappa shape index (κ1) is 17.7. The molecule has 6 heteroatoms. The van der Waals surface area contributed by atoms with Gasteiger partial charge >= 0.3 is 0 Å². The van der Waals surface area contributed by atoms with Crippen molar-refractivity contribution in [2.24, 2.45) is 0 Å². The monoisotopic (exact) mass is 345 g/mol. The number of benzene rings is 1. The topological polar surface area (TPSA) is 61.9 Å². The maximum absolute atomic E-state index is 12.3. The van der Waals surface area contributed by atoms with Gasteiger partial charge in [-0.25, -0.2) is 0 Å². The molecule has 1 aromatic carbocycles. The summed E-state index contributed by atoms with van der Waals surface area (Å²) in [6.45, 7) is 2.39. The minimum Gasteiger partial charge on any atom is -0.480 e. The van der Waals surface area contributed by atoms with Crippen molar-refractivity contribution < 1.29 is 14.3 Å². The van der Waals surface area contributed by atoms with E-state index in [1.165, 1.54) is 0 Å². The summed E-state index contributed by atoms with van der Waals surface area (Å²) in [5, 5.41) is 2.96. The van der Waals surface area contributed by atoms with E-state index in [9.17, 15) is 9.59 Å². The second kappa shape index (κ2) is 7.87. The smallest absolute Gasteiger partial charge is 0.261 e. The Kier molecular flexibility index (Phi) is 5.58. The largest absolute Gasteiger partial charge is 0.480 e. The first-order chi connectivity index (χ1) is 12.1. The fourth-order valence-electron chi connectivity index (χ4n) is 3.61. The van der Waals surface area contributed by atoms with Crippen molar-refractivity contribution in [3.8, 4) is 5.75 Å². The molecule has 0 spiro atoms. The Hall–Kier alpha value is -2.08. The van der Waals surface area contributed by atoms with Gasteiger partial charge in [-0.2, -0.15) is 0 Å². The minimum absolute atomic E-state index is 0.00151. The van der Waals surface area contributed by atoms with Crippen molar-refractivity contribution in [2.75, 3.05) is 33.7 Å². The van der Waals surface area contributed by atoms with E-state index in [-0.39, 0.29) is 17.9 Å². The lowest BCUT2D eigenvalue weighted by atomic mass is 10.1. The Morgan fingerprint density at radius 2 is 2.12 bits per heavy atom. The molecule has 0 aliphatic carbocycles. The summed E-state index contributed by atoms with van der Waals surface area (Å²) < 4.78 is 5.70. The van der Waals surface area contributed by atoms with Gasteiger partial charge in [0, 0.05) is 33.6 Å². The van der Waals surface area contributed by atoms with Crippen molar-refractivity contribution in [1.29, 1.82) is 0 Å². The van der Waals surface area contributed by atoms with Crippen LogP contribution < -0.4 is 10.1 Å². The molecule has 1 fully saturated rings. The van der Waals surface area contributed by atoms with Crippen molar-refractivity contribution >= 4 is 11.8 Å². The molecule has 1 saturated heterocycles. The van der Waals surface area contributed by atoms with E-state index in [2.05, 4.69) is 10.2 Å². The molecular weight excluding hydrogens is 318 g/mol. The van der Waals surface area contributed by atoms with Crippen molar-refractivity contribution in [3.05, 3.63) is 29.8 Å². The van der Waals surface area contributed by atoms with Gasteiger partial charge in [-0.3, -0.25) is 14.5 Å². The number of nitrogens with zero attached hydrogens (tertiary/aromatic N) is 2. The zero-order valence-corrected chi connectivity index (χ0v) is 15.0. The van der Waals surface area contributed by atoms with Crippen LogP contribution >= 0.6 is 0 Å². The summed E-state index contributed by atoms with van der Waals surface area (Å²) in [7, 11) is 3.61. The van der Waals surface area contributed by atoms with Crippen LogP contribution in [0, 0.1) is 0 Å². The molecule has 0 saturated carbocycles. The van der Waals surface area contributed by atoms with E-state index < -0.39 is 6.10 Å². The lowest BCUT2D eigenvalue weighted by Gasteiger charge is -2.26. The summed E-state index contributed by atoms with van der Waals surface area (Å²) in [6, 6.07) is 7.78. The Morgan fingerprint density at radius 1 is 1.32 bits per heavy atom. The number of amides is 2. The second-order valence-corrected chi connectivity index (χ2v) is 6.99. The van der Waals surface area contributed by atoms with Crippen LogP contribution in [0.3, 0.4) is 0 Å². The van der Waals surface area contributed by atoms with E-state index in [4.69, 9.17) is 4.74 Å². The fraction of sp³-hybridized carbons (Fsp3) is 0.579. The third-order valence-electron chi connectivity index (χ3n) is 4.95. The van der Waals surface area contributed by atoms with Gasteiger partial charge in [0.25, 0.3) is 5.91 Å². The number of carbonyl (C=O) groups is 2. The first-order valence-corrected chi connectivity index (χ1v) is 9.04. The van der Waals surface area contributed by atoms with Gasteiger partial charge in [0.2, 0.25) is 5.91 Å². The van der Waals surface area contributed by atoms with E-state index in [1.54, 1.807) is 19.0 Å². The molecule has 1 N–H and O–H groups in total. The highest BCUT2D eigenvalue weighted by Crippen LogP contribution is 2.28. The highest BCUT2D eigenvalue weighted by molar-refractivity contribution is 5.82. The van der Waals surface area contributed by atoms with Crippen molar-refractivity contribution in [2.45, 2.75) is 37.8 Å². The Bertz CT molecular complexity index is 607. The van der Waals surface area contributed by atoms with Crippen molar-refractivity contribution in [1.82, 2.24) is 15.1 Å². The molecule has 2 atom stereocenters. The fourth-order valence-corrected chi connectivity index (χ4v) is 3.61. The highest BCUT2D eigenvalue weighted by atomic mass is 16.5. The summed E-state index contributed by atoms with van der Waals surface area (Å²) in [5.74, 6) is 0.932. The molecule has 2 aliphatic heterocycles. The third-order valence-corrected chi connectivity index (χ3v) is 4.95. The summed E-state index contributed by atoms with van der Waals surface area (Å²) >= 11 is 0.